The third kappa shape index (κ3) is 4.54. The molecule has 0 radical (unpaired) electrons. The zero-order chi connectivity index (χ0) is 15.3. The Balaban J connectivity index is 2.86. The second-order valence-electron chi connectivity index (χ2n) is 4.91. The molecular weight excluding hydrogens is 297 g/mol. The molecule has 0 spiro atoms. The second-order valence-corrected chi connectivity index (χ2v) is 5.69. The summed E-state index contributed by atoms with van der Waals surface area (Å²) in [4.78, 5) is 16.3. The summed E-state index contributed by atoms with van der Waals surface area (Å²) in [6.45, 7) is 4.16. The molecular formula is C14H21Cl2N3O. The largest absolute Gasteiger partial charge is 0.399 e. The third-order valence-electron chi connectivity index (χ3n) is 2.98. The molecule has 1 amide bonds. The van der Waals surface area contributed by atoms with Gasteiger partial charge in [-0.25, -0.2) is 0 Å². The number of rotatable bonds is 6. The highest BCUT2D eigenvalue weighted by molar-refractivity contribution is 6.44. The van der Waals surface area contributed by atoms with Crippen molar-refractivity contribution in [1.29, 1.82) is 0 Å². The molecule has 0 aromatic heterocycles. The Morgan fingerprint density at radius 3 is 2.45 bits per heavy atom. The first-order valence-corrected chi connectivity index (χ1v) is 7.31. The lowest BCUT2D eigenvalue weighted by Crippen LogP contribution is -2.33. The van der Waals surface area contributed by atoms with E-state index in [0.29, 0.717) is 29.4 Å². The van der Waals surface area contributed by atoms with Gasteiger partial charge in [0.1, 0.15) is 0 Å². The first-order valence-electron chi connectivity index (χ1n) is 6.55. The van der Waals surface area contributed by atoms with Crippen LogP contribution in [0, 0.1) is 0 Å². The molecule has 0 saturated heterocycles. The Morgan fingerprint density at radius 1 is 1.25 bits per heavy atom. The quantitative estimate of drug-likeness (QED) is 0.820. The number of hydrogen-bond donors (Lipinski definition) is 1. The maximum Gasteiger partial charge on any atom is 0.255 e. The summed E-state index contributed by atoms with van der Waals surface area (Å²) in [5.41, 5.74) is 6.53. The number of carbonyl (C=O) groups is 1. The Morgan fingerprint density at radius 2 is 1.90 bits per heavy atom. The maximum atomic E-state index is 12.5. The van der Waals surface area contributed by atoms with Gasteiger partial charge >= 0.3 is 0 Å². The number of amides is 1. The predicted octanol–water partition coefficient (Wildman–Crippen LogP) is 2.99. The summed E-state index contributed by atoms with van der Waals surface area (Å²) in [5.74, 6) is -0.134. The number of carbonyl (C=O) groups excluding carboxylic acids is 1. The fourth-order valence-electron chi connectivity index (χ4n) is 1.92. The van der Waals surface area contributed by atoms with Crippen molar-refractivity contribution in [2.45, 2.75) is 13.3 Å². The van der Waals surface area contributed by atoms with Crippen LogP contribution in [0.5, 0.6) is 0 Å². The van der Waals surface area contributed by atoms with Crippen LogP contribution in [0.4, 0.5) is 5.69 Å². The monoisotopic (exact) mass is 317 g/mol. The van der Waals surface area contributed by atoms with Crippen LogP contribution in [0.1, 0.15) is 23.7 Å². The zero-order valence-electron chi connectivity index (χ0n) is 12.1. The summed E-state index contributed by atoms with van der Waals surface area (Å²) < 4.78 is 0. The smallest absolute Gasteiger partial charge is 0.255 e. The maximum absolute atomic E-state index is 12.5. The second kappa shape index (κ2) is 7.72. The van der Waals surface area contributed by atoms with Gasteiger partial charge in [0.05, 0.1) is 15.6 Å². The minimum absolute atomic E-state index is 0.134. The summed E-state index contributed by atoms with van der Waals surface area (Å²) >= 11 is 12.1. The molecule has 6 heteroatoms. The van der Waals surface area contributed by atoms with Crippen molar-refractivity contribution in [3.63, 3.8) is 0 Å². The standard InChI is InChI=1S/C14H21Cl2N3O/c1-4-19(7-5-6-18(2)3)14(20)11-8-10(17)9-12(15)13(11)16/h8-9H,4-7,17H2,1-3H3. The normalized spacial score (nSPS) is 10.9. The highest BCUT2D eigenvalue weighted by Crippen LogP contribution is 2.29. The van der Waals surface area contributed by atoms with E-state index in [2.05, 4.69) is 4.90 Å². The van der Waals surface area contributed by atoms with Gasteiger partial charge in [-0.3, -0.25) is 4.79 Å². The topological polar surface area (TPSA) is 49.6 Å². The van der Waals surface area contributed by atoms with E-state index in [9.17, 15) is 4.79 Å². The van der Waals surface area contributed by atoms with E-state index >= 15 is 0 Å². The van der Waals surface area contributed by atoms with Crippen LogP contribution in [-0.2, 0) is 0 Å². The average Bonchev–Trinajstić information content (AvgIpc) is 2.38. The Kier molecular flexibility index (Phi) is 6.59. The van der Waals surface area contributed by atoms with Gasteiger partial charge in [0, 0.05) is 18.8 Å². The molecule has 0 fully saturated rings. The summed E-state index contributed by atoms with van der Waals surface area (Å²) in [6, 6.07) is 3.12. The fourth-order valence-corrected chi connectivity index (χ4v) is 2.33. The molecule has 0 aliphatic rings. The van der Waals surface area contributed by atoms with Gasteiger partial charge in [-0.05, 0) is 46.1 Å². The molecule has 1 rings (SSSR count). The molecule has 1 aromatic rings. The van der Waals surface area contributed by atoms with E-state index in [1.54, 1.807) is 17.0 Å². The molecule has 0 atom stereocenters. The van der Waals surface area contributed by atoms with Crippen molar-refractivity contribution in [3.8, 4) is 0 Å². The minimum atomic E-state index is -0.134. The van der Waals surface area contributed by atoms with Gasteiger partial charge in [-0.1, -0.05) is 23.2 Å². The SMILES string of the molecule is CCN(CCCN(C)C)C(=O)c1cc(N)cc(Cl)c1Cl. The molecule has 112 valence electrons. The Hall–Kier alpha value is -0.970. The van der Waals surface area contributed by atoms with Gasteiger partial charge < -0.3 is 15.5 Å². The summed E-state index contributed by atoms with van der Waals surface area (Å²) in [5, 5.41) is 0.566. The molecule has 4 nitrogen and oxygen atoms in total. The van der Waals surface area contributed by atoms with Crippen LogP contribution >= 0.6 is 23.2 Å². The number of hydrogen-bond acceptors (Lipinski definition) is 3. The number of halogens is 2. The van der Waals surface area contributed by atoms with Gasteiger partial charge in [-0.2, -0.15) is 0 Å². The molecule has 2 N–H and O–H groups in total. The van der Waals surface area contributed by atoms with Gasteiger partial charge in [0.2, 0.25) is 0 Å². The van der Waals surface area contributed by atoms with Crippen molar-refractivity contribution in [3.05, 3.63) is 27.7 Å². The first-order chi connectivity index (χ1) is 9.36. The number of nitrogens with two attached hydrogens (primary N) is 1. The molecule has 0 heterocycles. The van der Waals surface area contributed by atoms with E-state index in [1.807, 2.05) is 21.0 Å². The zero-order valence-corrected chi connectivity index (χ0v) is 13.6. The van der Waals surface area contributed by atoms with Crippen molar-refractivity contribution < 1.29 is 4.79 Å². The van der Waals surface area contributed by atoms with Crippen LogP contribution in [0.25, 0.3) is 0 Å². The molecule has 0 saturated carbocycles. The minimum Gasteiger partial charge on any atom is -0.399 e. The average molecular weight is 318 g/mol. The molecule has 1 aromatic carbocycles. The van der Waals surface area contributed by atoms with Crippen LogP contribution < -0.4 is 5.73 Å². The highest BCUT2D eigenvalue weighted by Gasteiger charge is 2.19. The van der Waals surface area contributed by atoms with E-state index < -0.39 is 0 Å². The van der Waals surface area contributed by atoms with Crippen molar-refractivity contribution in [2.75, 3.05) is 39.5 Å². The van der Waals surface area contributed by atoms with Gasteiger partial charge in [0.25, 0.3) is 5.91 Å². The Labute approximate surface area is 130 Å². The molecule has 0 aliphatic carbocycles. The van der Waals surface area contributed by atoms with E-state index in [-0.39, 0.29) is 10.9 Å². The van der Waals surface area contributed by atoms with E-state index in [4.69, 9.17) is 28.9 Å². The summed E-state index contributed by atoms with van der Waals surface area (Å²) in [7, 11) is 4.01. The highest BCUT2D eigenvalue weighted by atomic mass is 35.5. The van der Waals surface area contributed by atoms with E-state index in [1.165, 1.54) is 0 Å². The van der Waals surface area contributed by atoms with Crippen molar-refractivity contribution in [1.82, 2.24) is 9.80 Å². The van der Waals surface area contributed by atoms with Crippen LogP contribution in [0.2, 0.25) is 10.0 Å². The Bertz CT molecular complexity index is 478. The fraction of sp³-hybridized carbons (Fsp3) is 0.500. The lowest BCUT2D eigenvalue weighted by Gasteiger charge is -2.22. The lowest BCUT2D eigenvalue weighted by molar-refractivity contribution is 0.0759. The molecule has 20 heavy (non-hydrogen) atoms. The number of nitrogen functional groups attached to an aromatic ring is 1. The van der Waals surface area contributed by atoms with Gasteiger partial charge in [-0.15, -0.1) is 0 Å². The van der Waals surface area contributed by atoms with Crippen LogP contribution in [-0.4, -0.2) is 49.4 Å². The molecule has 0 bridgehead atoms. The number of anilines is 1. The third-order valence-corrected chi connectivity index (χ3v) is 3.79. The number of nitrogens with zero attached hydrogens (tertiary/aromatic N) is 2. The lowest BCUT2D eigenvalue weighted by atomic mass is 10.1. The molecule has 0 unspecified atom stereocenters. The van der Waals surface area contributed by atoms with Crippen LogP contribution in [0.3, 0.4) is 0 Å². The number of benzene rings is 1. The predicted molar refractivity (Wildman–Crippen MR) is 85.6 cm³/mol. The van der Waals surface area contributed by atoms with Crippen molar-refractivity contribution >= 4 is 34.8 Å². The van der Waals surface area contributed by atoms with Gasteiger partial charge in [0.15, 0.2) is 0 Å². The first kappa shape index (κ1) is 17.1. The summed E-state index contributed by atoms with van der Waals surface area (Å²) in [6.07, 6.45) is 0.903. The van der Waals surface area contributed by atoms with Crippen molar-refractivity contribution in [2.24, 2.45) is 0 Å². The van der Waals surface area contributed by atoms with Crippen LogP contribution in [0.15, 0.2) is 12.1 Å². The molecule has 0 aliphatic heterocycles. The van der Waals surface area contributed by atoms with E-state index in [0.717, 1.165) is 13.0 Å².